The molecule has 1 heterocycles. The summed E-state index contributed by atoms with van der Waals surface area (Å²) in [4.78, 5) is 44.6. The summed E-state index contributed by atoms with van der Waals surface area (Å²) in [6, 6.07) is 6.72. The molecule has 2 aliphatic rings. The van der Waals surface area contributed by atoms with E-state index < -0.39 is 17.3 Å². The largest absolute Gasteiger partial charge is 0.497 e. The van der Waals surface area contributed by atoms with Crippen LogP contribution in [-0.2, 0) is 14.3 Å². The number of nitrogens with zero attached hydrogens (tertiary/aromatic N) is 3. The van der Waals surface area contributed by atoms with Crippen molar-refractivity contribution in [1.82, 2.24) is 10.3 Å². The Morgan fingerprint density at radius 2 is 2.06 bits per heavy atom. The number of benzene rings is 1. The highest BCUT2D eigenvalue weighted by atomic mass is 16.5. The number of pyridine rings is 1. The molecule has 182 valence electrons. The molecule has 4 atom stereocenters. The van der Waals surface area contributed by atoms with Crippen molar-refractivity contribution in [3.63, 3.8) is 0 Å². The average Bonchev–Trinajstić information content (AvgIpc) is 3.38. The number of esters is 1. The van der Waals surface area contributed by atoms with Crippen LogP contribution in [0.15, 0.2) is 36.9 Å². The van der Waals surface area contributed by atoms with Crippen LogP contribution in [0.1, 0.15) is 36.2 Å². The lowest BCUT2D eigenvalue weighted by atomic mass is 10.1. The zero-order chi connectivity index (χ0) is 25.2. The number of hydrogen-bond acceptors (Lipinski definition) is 7. The minimum atomic E-state index is -1.03. The second-order valence-electron chi connectivity index (χ2n) is 8.75. The number of ether oxygens (including phenoxy) is 3. The number of methoxy groups -OCH3 is 2. The van der Waals surface area contributed by atoms with Gasteiger partial charge in [0.25, 0.3) is 5.78 Å². The molecule has 0 radical (unpaired) electrons. The van der Waals surface area contributed by atoms with E-state index in [-0.39, 0.29) is 29.5 Å². The summed E-state index contributed by atoms with van der Waals surface area (Å²) in [6.07, 6.45) is 4.27. The number of carbonyl (C=O) groups is 3. The summed E-state index contributed by atoms with van der Waals surface area (Å²) in [6.45, 7) is 3.73. The molecule has 0 aliphatic heterocycles. The lowest BCUT2D eigenvalue weighted by Gasteiger charge is -2.20. The van der Waals surface area contributed by atoms with Gasteiger partial charge in [-0.2, -0.15) is 4.79 Å². The van der Waals surface area contributed by atoms with Crippen LogP contribution in [0, 0.1) is 11.8 Å². The maximum absolute atomic E-state index is 13.0. The molecular weight excluding hydrogens is 452 g/mol. The highest BCUT2D eigenvalue weighted by molar-refractivity contribution is 6.33. The molecule has 2 unspecified atom stereocenters. The summed E-state index contributed by atoms with van der Waals surface area (Å²) in [5.74, 6) is -0.756. The summed E-state index contributed by atoms with van der Waals surface area (Å²) < 4.78 is 16.4. The Bertz CT molecular complexity index is 1250. The van der Waals surface area contributed by atoms with E-state index >= 15 is 0 Å². The molecule has 1 N–H and O–H groups in total. The fraction of sp³-hybridized carbons (Fsp3) is 0.400. The quantitative estimate of drug-likeness (QED) is 0.146. The van der Waals surface area contributed by atoms with Crippen LogP contribution in [0.2, 0.25) is 0 Å². The molecule has 4 rings (SSSR count). The second-order valence-corrected chi connectivity index (χ2v) is 8.75. The third kappa shape index (κ3) is 4.65. The number of rotatable bonds is 9. The number of nitrogens with one attached hydrogen (secondary N) is 1. The lowest BCUT2D eigenvalue weighted by molar-refractivity contribution is -0.147. The van der Waals surface area contributed by atoms with Gasteiger partial charge in [-0.25, -0.2) is 9.78 Å². The number of carbonyl (C=O) groups excluding carboxylic acids is 3. The Balaban J connectivity index is 1.52. The molecule has 0 bridgehead atoms. The van der Waals surface area contributed by atoms with Gasteiger partial charge in [-0.05, 0) is 37.8 Å². The van der Waals surface area contributed by atoms with Gasteiger partial charge in [0.05, 0.1) is 25.8 Å². The molecular formula is C25H26N4O6. The van der Waals surface area contributed by atoms with Crippen molar-refractivity contribution in [2.24, 2.45) is 11.8 Å². The van der Waals surface area contributed by atoms with E-state index in [0.717, 1.165) is 6.21 Å². The van der Waals surface area contributed by atoms with Crippen LogP contribution in [0.5, 0.6) is 11.5 Å². The average molecular weight is 479 g/mol. The molecule has 10 nitrogen and oxygen atoms in total. The molecule has 0 spiro atoms. The molecule has 2 aromatic rings. The van der Waals surface area contributed by atoms with Crippen molar-refractivity contribution in [2.45, 2.75) is 37.3 Å². The molecule has 1 amide bonds. The van der Waals surface area contributed by atoms with Crippen LogP contribution >= 0.6 is 0 Å². The second kappa shape index (κ2) is 9.68. The number of Topliss-reactive ketones (excluding diaryl/α,β-unsaturated/α-hetero) is 1. The van der Waals surface area contributed by atoms with Gasteiger partial charge in [0.1, 0.15) is 22.7 Å². The van der Waals surface area contributed by atoms with Crippen LogP contribution < -0.4 is 14.8 Å². The van der Waals surface area contributed by atoms with Gasteiger partial charge in [-0.1, -0.05) is 6.08 Å². The van der Waals surface area contributed by atoms with Crippen molar-refractivity contribution in [2.75, 3.05) is 14.2 Å². The lowest BCUT2D eigenvalue weighted by Crippen LogP contribution is -2.47. The minimum absolute atomic E-state index is 0.0510. The number of ketones is 1. The van der Waals surface area contributed by atoms with Crippen molar-refractivity contribution >= 4 is 34.8 Å². The van der Waals surface area contributed by atoms with E-state index in [9.17, 15) is 14.4 Å². The Labute approximate surface area is 201 Å². The van der Waals surface area contributed by atoms with Crippen molar-refractivity contribution in [1.29, 1.82) is 0 Å². The Morgan fingerprint density at radius 3 is 2.71 bits per heavy atom. The normalized spacial score (nSPS) is 24.7. The van der Waals surface area contributed by atoms with Crippen LogP contribution in [0.4, 0.5) is 0 Å². The molecule has 35 heavy (non-hydrogen) atoms. The molecule has 2 aliphatic carbocycles. The van der Waals surface area contributed by atoms with Crippen LogP contribution in [-0.4, -0.2) is 59.5 Å². The first kappa shape index (κ1) is 24.1. The number of aromatic nitrogens is 1. The topological polar surface area (TPSA) is 140 Å². The van der Waals surface area contributed by atoms with Crippen LogP contribution in [0.3, 0.4) is 0 Å². The summed E-state index contributed by atoms with van der Waals surface area (Å²) in [5.41, 5.74) is 8.24. The Morgan fingerprint density at radius 1 is 1.26 bits per heavy atom. The maximum Gasteiger partial charge on any atom is 0.332 e. The number of amides is 1. The zero-order valence-electron chi connectivity index (χ0n) is 19.5. The van der Waals surface area contributed by atoms with Crippen LogP contribution in [0.25, 0.3) is 16.4 Å². The first-order chi connectivity index (χ1) is 16.8. The molecule has 1 aromatic carbocycles. The van der Waals surface area contributed by atoms with Gasteiger partial charge in [-0.15, -0.1) is 6.58 Å². The van der Waals surface area contributed by atoms with Crippen molar-refractivity contribution in [3.8, 4) is 11.5 Å². The first-order valence-electron chi connectivity index (χ1n) is 11.3. The van der Waals surface area contributed by atoms with E-state index in [0.29, 0.717) is 48.1 Å². The third-order valence-electron chi connectivity index (χ3n) is 6.65. The number of hydrogen-bond donors (Lipinski definition) is 1. The Hall–Kier alpha value is -4.04. The predicted octanol–water partition coefficient (Wildman–Crippen LogP) is 2.51. The number of fused-ring (bicyclic) bond motifs is 1. The fourth-order valence-corrected chi connectivity index (χ4v) is 4.62. The summed E-state index contributed by atoms with van der Waals surface area (Å²) in [5, 5.41) is 3.55. The van der Waals surface area contributed by atoms with Gasteiger partial charge in [0, 0.05) is 29.4 Å². The first-order valence-corrected chi connectivity index (χ1v) is 11.3. The molecule has 2 saturated carbocycles. The van der Waals surface area contributed by atoms with E-state index in [1.54, 1.807) is 24.3 Å². The van der Waals surface area contributed by atoms with Crippen molar-refractivity contribution < 1.29 is 33.4 Å². The molecule has 2 fully saturated rings. The van der Waals surface area contributed by atoms with Gasteiger partial charge in [0.15, 0.2) is 0 Å². The Kier molecular flexibility index (Phi) is 6.66. The maximum atomic E-state index is 13.0. The highest BCUT2D eigenvalue weighted by Crippen LogP contribution is 2.46. The summed E-state index contributed by atoms with van der Waals surface area (Å²) >= 11 is 0. The molecule has 0 saturated heterocycles. The third-order valence-corrected chi connectivity index (χ3v) is 6.65. The predicted molar refractivity (Wildman–Crippen MR) is 125 cm³/mol. The van der Waals surface area contributed by atoms with E-state index in [1.165, 1.54) is 20.3 Å². The van der Waals surface area contributed by atoms with E-state index in [1.807, 2.05) is 0 Å². The molecule has 1 aromatic heterocycles. The van der Waals surface area contributed by atoms with Gasteiger partial charge >= 0.3 is 12.2 Å². The monoisotopic (exact) mass is 478 g/mol. The standard InChI is InChI=1S/C25H26N4O6/c1-4-15-12-25(15,24(32)34-3)29-23(31)14-5-6-17(9-14)35-22-11-20(21(30)13-27-26)28-19-10-16(33-2)7-8-18(19)22/h4,7-8,10-11,13-15,17H,1,5-6,9,12H2,2-3H3,(H,29,31)/t14-,15?,17?,25+/m0/s1. The minimum Gasteiger partial charge on any atom is -0.497 e. The summed E-state index contributed by atoms with van der Waals surface area (Å²) in [7, 11) is 2.83. The highest BCUT2D eigenvalue weighted by Gasteiger charge is 2.61. The van der Waals surface area contributed by atoms with Gasteiger partial charge < -0.3 is 25.1 Å². The smallest absolute Gasteiger partial charge is 0.332 e. The molecule has 10 heteroatoms. The van der Waals surface area contributed by atoms with E-state index in [2.05, 4.69) is 21.7 Å². The van der Waals surface area contributed by atoms with E-state index in [4.69, 9.17) is 19.7 Å². The fourth-order valence-electron chi connectivity index (χ4n) is 4.62. The van der Waals surface area contributed by atoms with Gasteiger partial charge in [-0.3, -0.25) is 9.59 Å². The zero-order valence-corrected chi connectivity index (χ0v) is 19.5. The van der Waals surface area contributed by atoms with Crippen molar-refractivity contribution in [3.05, 3.63) is 48.1 Å². The van der Waals surface area contributed by atoms with Gasteiger partial charge in [0.2, 0.25) is 5.91 Å². The SMILES string of the molecule is C=CC1C[C@]1(NC(=O)[C@H]1CCC(Oc2cc(C(=O)C=[N+]=[N-])nc3cc(OC)ccc23)C1)C(=O)OC.